The van der Waals surface area contributed by atoms with Crippen molar-refractivity contribution in [1.82, 2.24) is 9.97 Å². The molecule has 0 radical (unpaired) electrons. The molecule has 3 aromatic rings. The Labute approximate surface area is 131 Å². The van der Waals surface area contributed by atoms with Crippen LogP contribution in [0.5, 0.6) is 5.75 Å². The average Bonchev–Trinajstić information content (AvgIpc) is 2.85. The number of aromatic nitrogens is 2. The maximum Gasteiger partial charge on any atom is 0.260 e. The van der Waals surface area contributed by atoms with Gasteiger partial charge in [-0.05, 0) is 42.9 Å². The standard InChI is InChI=1S/C17H16N2O2S/c1-9-6-7-11-13(8-9)22-17-14(11)16(21)18-15(19-17)10-4-2-3-5-12(10)20/h2-5,9,20H,6-8H2,1H3,(H,18,19,21). The molecule has 112 valence electrons. The van der Waals surface area contributed by atoms with Crippen LogP contribution in [0.3, 0.4) is 0 Å². The van der Waals surface area contributed by atoms with Crippen molar-refractivity contribution in [1.29, 1.82) is 0 Å². The molecule has 0 saturated carbocycles. The summed E-state index contributed by atoms with van der Waals surface area (Å²) in [5.74, 6) is 1.22. The summed E-state index contributed by atoms with van der Waals surface area (Å²) in [6, 6.07) is 6.93. The van der Waals surface area contributed by atoms with Crippen molar-refractivity contribution in [3.8, 4) is 17.1 Å². The van der Waals surface area contributed by atoms with E-state index in [0.717, 1.165) is 29.5 Å². The molecule has 2 aromatic heterocycles. The van der Waals surface area contributed by atoms with Gasteiger partial charge < -0.3 is 10.1 Å². The van der Waals surface area contributed by atoms with E-state index in [0.29, 0.717) is 17.3 Å². The molecule has 1 aliphatic rings. The van der Waals surface area contributed by atoms with Crippen molar-refractivity contribution >= 4 is 21.6 Å². The number of H-pyrrole nitrogens is 1. The second kappa shape index (κ2) is 4.95. The van der Waals surface area contributed by atoms with Gasteiger partial charge in [-0.2, -0.15) is 0 Å². The topological polar surface area (TPSA) is 66.0 Å². The minimum absolute atomic E-state index is 0.102. The number of nitrogens with one attached hydrogen (secondary N) is 1. The molecule has 0 aliphatic heterocycles. The summed E-state index contributed by atoms with van der Waals surface area (Å²) in [6.45, 7) is 2.25. The van der Waals surface area contributed by atoms with Crippen LogP contribution in [0.25, 0.3) is 21.6 Å². The monoisotopic (exact) mass is 312 g/mol. The lowest BCUT2D eigenvalue weighted by Gasteiger charge is -2.17. The lowest BCUT2D eigenvalue weighted by molar-refractivity contribution is 0.477. The second-order valence-corrected chi connectivity index (χ2v) is 7.05. The zero-order chi connectivity index (χ0) is 15.3. The minimum Gasteiger partial charge on any atom is -0.507 e. The fraction of sp³-hybridized carbons (Fsp3) is 0.294. The van der Waals surface area contributed by atoms with Crippen LogP contribution < -0.4 is 5.56 Å². The number of phenolic OH excluding ortho intramolecular Hbond substituents is 1. The number of hydrogen-bond acceptors (Lipinski definition) is 4. The van der Waals surface area contributed by atoms with Gasteiger partial charge in [-0.15, -0.1) is 11.3 Å². The zero-order valence-electron chi connectivity index (χ0n) is 12.2. The van der Waals surface area contributed by atoms with Gasteiger partial charge in [-0.1, -0.05) is 19.1 Å². The molecular formula is C17H16N2O2S. The number of aromatic amines is 1. The molecule has 4 rings (SSSR count). The van der Waals surface area contributed by atoms with Crippen LogP contribution in [-0.4, -0.2) is 15.1 Å². The molecule has 0 amide bonds. The number of fused-ring (bicyclic) bond motifs is 3. The first-order chi connectivity index (χ1) is 10.6. The van der Waals surface area contributed by atoms with E-state index in [1.165, 1.54) is 10.4 Å². The Morgan fingerprint density at radius 3 is 3.00 bits per heavy atom. The number of rotatable bonds is 1. The summed E-state index contributed by atoms with van der Waals surface area (Å²) >= 11 is 1.62. The highest BCUT2D eigenvalue weighted by Gasteiger charge is 2.23. The number of nitrogens with zero attached hydrogens (tertiary/aromatic N) is 1. The molecule has 0 saturated heterocycles. The van der Waals surface area contributed by atoms with Crippen molar-refractivity contribution in [2.45, 2.75) is 26.2 Å². The Morgan fingerprint density at radius 2 is 2.18 bits per heavy atom. The Morgan fingerprint density at radius 1 is 1.36 bits per heavy atom. The highest BCUT2D eigenvalue weighted by Crippen LogP contribution is 2.36. The smallest absolute Gasteiger partial charge is 0.260 e. The highest BCUT2D eigenvalue weighted by molar-refractivity contribution is 7.18. The number of aromatic hydroxyl groups is 1. The molecule has 5 heteroatoms. The van der Waals surface area contributed by atoms with Gasteiger partial charge in [0.25, 0.3) is 5.56 Å². The fourth-order valence-corrected chi connectivity index (χ4v) is 4.53. The van der Waals surface area contributed by atoms with Crippen molar-refractivity contribution in [2.24, 2.45) is 5.92 Å². The van der Waals surface area contributed by atoms with E-state index in [1.54, 1.807) is 29.5 Å². The summed E-state index contributed by atoms with van der Waals surface area (Å²) in [4.78, 5) is 22.0. The van der Waals surface area contributed by atoms with Gasteiger partial charge in [0, 0.05) is 4.88 Å². The molecule has 0 bridgehead atoms. The van der Waals surface area contributed by atoms with Crippen LogP contribution in [0.4, 0.5) is 0 Å². The Bertz CT molecular complexity index is 926. The number of hydrogen-bond donors (Lipinski definition) is 2. The third kappa shape index (κ3) is 2.04. The third-order valence-electron chi connectivity index (χ3n) is 4.32. The van der Waals surface area contributed by atoms with Gasteiger partial charge in [0.15, 0.2) is 0 Å². The molecule has 2 N–H and O–H groups in total. The molecule has 1 aliphatic carbocycles. The summed E-state index contributed by atoms with van der Waals surface area (Å²) in [5, 5.41) is 10.7. The Hall–Kier alpha value is -2.14. The summed E-state index contributed by atoms with van der Waals surface area (Å²) in [7, 11) is 0. The number of benzene rings is 1. The average molecular weight is 312 g/mol. The molecule has 0 fully saturated rings. The van der Waals surface area contributed by atoms with Crippen LogP contribution in [0, 0.1) is 5.92 Å². The van der Waals surface area contributed by atoms with Gasteiger partial charge in [0.05, 0.1) is 10.9 Å². The number of para-hydroxylation sites is 1. The molecule has 2 heterocycles. The van der Waals surface area contributed by atoms with Gasteiger partial charge in [-0.3, -0.25) is 4.79 Å². The summed E-state index contributed by atoms with van der Waals surface area (Å²) in [5.41, 5.74) is 1.63. The summed E-state index contributed by atoms with van der Waals surface area (Å²) < 4.78 is 0. The van der Waals surface area contributed by atoms with Crippen LogP contribution in [0.2, 0.25) is 0 Å². The third-order valence-corrected chi connectivity index (χ3v) is 5.47. The lowest BCUT2D eigenvalue weighted by Crippen LogP contribution is -2.13. The molecule has 22 heavy (non-hydrogen) atoms. The van der Waals surface area contributed by atoms with E-state index in [2.05, 4.69) is 16.9 Å². The van der Waals surface area contributed by atoms with E-state index in [-0.39, 0.29) is 11.3 Å². The number of aryl methyl sites for hydroxylation is 1. The van der Waals surface area contributed by atoms with E-state index in [9.17, 15) is 9.90 Å². The van der Waals surface area contributed by atoms with Crippen molar-refractivity contribution in [3.63, 3.8) is 0 Å². The quantitative estimate of drug-likeness (QED) is 0.723. The maximum absolute atomic E-state index is 12.5. The molecule has 4 nitrogen and oxygen atoms in total. The first-order valence-electron chi connectivity index (χ1n) is 7.46. The first-order valence-corrected chi connectivity index (χ1v) is 8.28. The molecule has 1 atom stereocenters. The second-order valence-electron chi connectivity index (χ2n) is 5.96. The largest absolute Gasteiger partial charge is 0.507 e. The minimum atomic E-state index is -0.102. The normalized spacial score (nSPS) is 17.6. The van der Waals surface area contributed by atoms with Crippen LogP contribution >= 0.6 is 11.3 Å². The van der Waals surface area contributed by atoms with E-state index < -0.39 is 0 Å². The maximum atomic E-state index is 12.5. The van der Waals surface area contributed by atoms with Gasteiger partial charge >= 0.3 is 0 Å². The van der Waals surface area contributed by atoms with Crippen LogP contribution in [0.1, 0.15) is 23.8 Å². The first kappa shape index (κ1) is 13.5. The molecule has 1 aromatic carbocycles. The SMILES string of the molecule is CC1CCc2c(sc3nc(-c4ccccc4O)[nH]c(=O)c23)C1. The van der Waals surface area contributed by atoms with Crippen molar-refractivity contribution in [3.05, 3.63) is 45.1 Å². The fourth-order valence-electron chi connectivity index (χ4n) is 3.15. The predicted octanol–water partition coefficient (Wildman–Crippen LogP) is 3.48. The van der Waals surface area contributed by atoms with E-state index in [4.69, 9.17) is 0 Å². The van der Waals surface area contributed by atoms with Gasteiger partial charge in [0.2, 0.25) is 0 Å². The van der Waals surface area contributed by atoms with Crippen LogP contribution in [-0.2, 0) is 12.8 Å². The Kier molecular flexibility index (Phi) is 3.04. The predicted molar refractivity (Wildman–Crippen MR) is 88.5 cm³/mol. The van der Waals surface area contributed by atoms with Gasteiger partial charge in [0.1, 0.15) is 16.4 Å². The highest BCUT2D eigenvalue weighted by atomic mass is 32.1. The van der Waals surface area contributed by atoms with Gasteiger partial charge in [-0.25, -0.2) is 4.98 Å². The Balaban J connectivity index is 1.95. The molecular weight excluding hydrogens is 296 g/mol. The zero-order valence-corrected chi connectivity index (χ0v) is 13.0. The number of phenols is 1. The van der Waals surface area contributed by atoms with Crippen LogP contribution in [0.15, 0.2) is 29.1 Å². The van der Waals surface area contributed by atoms with E-state index >= 15 is 0 Å². The number of thiophene rings is 1. The molecule has 1 unspecified atom stereocenters. The van der Waals surface area contributed by atoms with E-state index in [1.807, 2.05) is 6.07 Å². The van der Waals surface area contributed by atoms with Crippen molar-refractivity contribution in [2.75, 3.05) is 0 Å². The summed E-state index contributed by atoms with van der Waals surface area (Å²) in [6.07, 6.45) is 3.11. The van der Waals surface area contributed by atoms with Crippen molar-refractivity contribution < 1.29 is 5.11 Å². The lowest BCUT2D eigenvalue weighted by atomic mass is 9.89. The molecule has 0 spiro atoms.